The Kier molecular flexibility index (Phi) is 5.63. The van der Waals surface area contributed by atoms with E-state index in [1.54, 1.807) is 16.7 Å². The third-order valence-corrected chi connectivity index (χ3v) is 5.98. The van der Waals surface area contributed by atoms with Crippen LogP contribution < -0.4 is 10.9 Å². The number of nitrogens with zero attached hydrogens (tertiary/aromatic N) is 4. The summed E-state index contributed by atoms with van der Waals surface area (Å²) in [7, 11) is 0. The number of aromatic nitrogens is 4. The normalized spacial score (nSPS) is 11.3. The first-order chi connectivity index (χ1) is 16.4. The van der Waals surface area contributed by atoms with Crippen molar-refractivity contribution in [2.45, 2.75) is 26.9 Å². The molecule has 5 aromatic rings. The number of benzene rings is 3. The van der Waals surface area contributed by atoms with Gasteiger partial charge in [-0.1, -0.05) is 59.6 Å². The summed E-state index contributed by atoms with van der Waals surface area (Å²) in [6, 6.07) is 21.0. The molecule has 0 spiro atoms. The first-order valence-electron chi connectivity index (χ1n) is 10.9. The molecule has 0 atom stereocenters. The molecule has 170 valence electrons. The van der Waals surface area contributed by atoms with E-state index < -0.39 is 5.91 Å². The SMILES string of the molecule is Cc1ccc(CNC(=O)c2nc3c(=O)n(Cc4ccc(Cl)cc4)c4cc(C)ccc4n3n2)cc1. The van der Waals surface area contributed by atoms with Crippen LogP contribution in [0.15, 0.2) is 71.5 Å². The minimum atomic E-state index is -0.437. The van der Waals surface area contributed by atoms with Crippen molar-refractivity contribution in [2.75, 3.05) is 0 Å². The summed E-state index contributed by atoms with van der Waals surface area (Å²) >= 11 is 6.02. The second-order valence-corrected chi connectivity index (χ2v) is 8.79. The van der Waals surface area contributed by atoms with Gasteiger partial charge in [-0.05, 0) is 54.8 Å². The van der Waals surface area contributed by atoms with Crippen molar-refractivity contribution >= 4 is 34.2 Å². The predicted molar refractivity (Wildman–Crippen MR) is 132 cm³/mol. The molecule has 0 radical (unpaired) electrons. The third kappa shape index (κ3) is 4.18. The van der Waals surface area contributed by atoms with E-state index in [1.807, 2.05) is 68.4 Å². The molecule has 5 rings (SSSR count). The van der Waals surface area contributed by atoms with Crippen molar-refractivity contribution in [3.05, 3.63) is 110 Å². The zero-order valence-corrected chi connectivity index (χ0v) is 19.5. The molecule has 8 heteroatoms. The molecule has 34 heavy (non-hydrogen) atoms. The van der Waals surface area contributed by atoms with Crippen molar-refractivity contribution in [3.8, 4) is 0 Å². The molecular formula is C26H22ClN5O2. The maximum atomic E-state index is 13.5. The summed E-state index contributed by atoms with van der Waals surface area (Å²) < 4.78 is 3.11. The molecule has 7 nitrogen and oxygen atoms in total. The van der Waals surface area contributed by atoms with Crippen molar-refractivity contribution in [1.82, 2.24) is 24.5 Å². The average molecular weight is 472 g/mol. The van der Waals surface area contributed by atoms with Crippen LogP contribution in [0, 0.1) is 13.8 Å². The van der Waals surface area contributed by atoms with Gasteiger partial charge in [0.2, 0.25) is 11.5 Å². The quantitative estimate of drug-likeness (QED) is 0.414. The number of hydrogen-bond acceptors (Lipinski definition) is 4. The highest BCUT2D eigenvalue weighted by atomic mass is 35.5. The van der Waals surface area contributed by atoms with Gasteiger partial charge in [0, 0.05) is 11.6 Å². The van der Waals surface area contributed by atoms with Gasteiger partial charge in [0.05, 0.1) is 17.6 Å². The Hall–Kier alpha value is -3.97. The fourth-order valence-corrected chi connectivity index (χ4v) is 4.00. The number of halogens is 1. The van der Waals surface area contributed by atoms with Crippen LogP contribution in [0.25, 0.3) is 16.7 Å². The monoisotopic (exact) mass is 471 g/mol. The van der Waals surface area contributed by atoms with E-state index in [4.69, 9.17) is 11.6 Å². The number of carbonyl (C=O) groups excluding carboxylic acids is 1. The molecule has 3 aromatic carbocycles. The number of aryl methyl sites for hydroxylation is 2. The molecule has 0 aliphatic rings. The van der Waals surface area contributed by atoms with Gasteiger partial charge in [-0.15, -0.1) is 5.10 Å². The molecule has 0 aliphatic carbocycles. The smallest absolute Gasteiger partial charge is 0.296 e. The topological polar surface area (TPSA) is 81.3 Å². The first kappa shape index (κ1) is 21.9. The van der Waals surface area contributed by atoms with Gasteiger partial charge in [0.1, 0.15) is 0 Å². The molecule has 0 saturated heterocycles. The van der Waals surface area contributed by atoms with Crippen molar-refractivity contribution in [2.24, 2.45) is 0 Å². The highest BCUT2D eigenvalue weighted by Crippen LogP contribution is 2.18. The molecule has 0 aliphatic heterocycles. The Balaban J connectivity index is 1.55. The number of nitrogens with one attached hydrogen (secondary N) is 1. The van der Waals surface area contributed by atoms with E-state index in [-0.39, 0.29) is 17.0 Å². The Labute approximate surface area is 200 Å². The van der Waals surface area contributed by atoms with Gasteiger partial charge < -0.3 is 5.32 Å². The van der Waals surface area contributed by atoms with Crippen LogP contribution in [0.1, 0.15) is 32.9 Å². The van der Waals surface area contributed by atoms with E-state index in [2.05, 4.69) is 15.4 Å². The highest BCUT2D eigenvalue weighted by molar-refractivity contribution is 6.30. The van der Waals surface area contributed by atoms with E-state index in [0.29, 0.717) is 29.1 Å². The Morgan fingerprint density at radius 1 is 0.912 bits per heavy atom. The van der Waals surface area contributed by atoms with Crippen LogP contribution in [0.2, 0.25) is 5.02 Å². The van der Waals surface area contributed by atoms with Gasteiger partial charge in [0.15, 0.2) is 0 Å². The van der Waals surface area contributed by atoms with Gasteiger partial charge in [0.25, 0.3) is 11.5 Å². The third-order valence-electron chi connectivity index (χ3n) is 5.72. The summed E-state index contributed by atoms with van der Waals surface area (Å²) in [5.41, 5.74) is 5.23. The number of carbonyl (C=O) groups is 1. The van der Waals surface area contributed by atoms with E-state index in [0.717, 1.165) is 22.3 Å². The summed E-state index contributed by atoms with van der Waals surface area (Å²) in [4.78, 5) is 30.6. The van der Waals surface area contributed by atoms with E-state index >= 15 is 0 Å². The van der Waals surface area contributed by atoms with E-state index in [1.165, 1.54) is 4.52 Å². The minimum absolute atomic E-state index is 0.0460. The first-order valence-corrected chi connectivity index (χ1v) is 11.2. The lowest BCUT2D eigenvalue weighted by Crippen LogP contribution is -2.24. The number of amides is 1. The maximum Gasteiger partial charge on any atom is 0.296 e. The number of rotatable bonds is 5. The summed E-state index contributed by atoms with van der Waals surface area (Å²) in [5.74, 6) is -0.483. The van der Waals surface area contributed by atoms with Crippen molar-refractivity contribution < 1.29 is 4.79 Å². The molecule has 0 fully saturated rings. The van der Waals surface area contributed by atoms with E-state index in [9.17, 15) is 9.59 Å². The van der Waals surface area contributed by atoms with Gasteiger partial charge in [-0.2, -0.15) is 4.98 Å². The number of hydrogen-bond donors (Lipinski definition) is 1. The second-order valence-electron chi connectivity index (χ2n) is 8.35. The standard InChI is InChI=1S/C26H22ClN5O2/c1-16-3-6-18(7-4-16)14-28-25(33)23-29-24-26(34)31(15-19-8-10-20(27)11-9-19)22-13-17(2)5-12-21(22)32(24)30-23/h3-13H,14-15H2,1-2H3,(H,28,33). The lowest BCUT2D eigenvalue weighted by molar-refractivity contribution is 0.0941. The zero-order chi connectivity index (χ0) is 23.8. The van der Waals surface area contributed by atoms with Gasteiger partial charge >= 0.3 is 0 Å². The summed E-state index contributed by atoms with van der Waals surface area (Å²) in [6.07, 6.45) is 0. The van der Waals surface area contributed by atoms with Crippen LogP contribution in [-0.2, 0) is 13.1 Å². The lowest BCUT2D eigenvalue weighted by atomic mass is 10.1. The Morgan fingerprint density at radius 2 is 1.59 bits per heavy atom. The molecule has 2 aromatic heterocycles. The highest BCUT2D eigenvalue weighted by Gasteiger charge is 2.19. The molecule has 1 amide bonds. The van der Waals surface area contributed by atoms with Gasteiger partial charge in [-0.3, -0.25) is 14.2 Å². The summed E-state index contributed by atoms with van der Waals surface area (Å²) in [5, 5.41) is 7.84. The maximum absolute atomic E-state index is 13.5. The molecule has 0 unspecified atom stereocenters. The molecule has 0 bridgehead atoms. The Morgan fingerprint density at radius 3 is 2.32 bits per heavy atom. The zero-order valence-electron chi connectivity index (χ0n) is 18.7. The van der Waals surface area contributed by atoms with Crippen molar-refractivity contribution in [3.63, 3.8) is 0 Å². The fraction of sp³-hybridized carbons (Fsp3) is 0.154. The molecular weight excluding hydrogens is 450 g/mol. The minimum Gasteiger partial charge on any atom is -0.345 e. The van der Waals surface area contributed by atoms with Crippen molar-refractivity contribution in [1.29, 1.82) is 0 Å². The average Bonchev–Trinajstić information content (AvgIpc) is 3.28. The second kappa shape index (κ2) is 8.76. The molecule has 0 saturated carbocycles. The van der Waals surface area contributed by atoms with Gasteiger partial charge in [-0.25, -0.2) is 4.52 Å². The van der Waals surface area contributed by atoms with Crippen LogP contribution in [0.3, 0.4) is 0 Å². The van der Waals surface area contributed by atoms with Crippen LogP contribution in [-0.4, -0.2) is 25.1 Å². The molecule has 2 heterocycles. The predicted octanol–water partition coefficient (Wildman–Crippen LogP) is 4.29. The van der Waals surface area contributed by atoms with Crippen LogP contribution in [0.4, 0.5) is 0 Å². The largest absolute Gasteiger partial charge is 0.345 e. The number of fused-ring (bicyclic) bond motifs is 3. The lowest BCUT2D eigenvalue weighted by Gasteiger charge is -2.12. The fourth-order valence-electron chi connectivity index (χ4n) is 3.87. The summed E-state index contributed by atoms with van der Waals surface area (Å²) in [6.45, 7) is 4.66. The van der Waals surface area contributed by atoms with Crippen LogP contribution in [0.5, 0.6) is 0 Å². The Bertz CT molecular complexity index is 1580. The van der Waals surface area contributed by atoms with Crippen LogP contribution >= 0.6 is 11.6 Å². The molecule has 1 N–H and O–H groups in total.